The zero-order chi connectivity index (χ0) is 16.4. The topological polar surface area (TPSA) is 74.0 Å². The van der Waals surface area contributed by atoms with Gasteiger partial charge in [-0.3, -0.25) is 4.98 Å². The predicted octanol–water partition coefficient (Wildman–Crippen LogP) is 3.98. The predicted molar refractivity (Wildman–Crippen MR) is 80.4 cm³/mol. The van der Waals surface area contributed by atoms with E-state index in [2.05, 4.69) is 4.98 Å². The van der Waals surface area contributed by atoms with Crippen LogP contribution in [0.5, 0.6) is 0 Å². The van der Waals surface area contributed by atoms with Gasteiger partial charge in [0.1, 0.15) is 11.9 Å². The first-order valence-electron chi connectivity index (χ1n) is 6.53. The van der Waals surface area contributed by atoms with Crippen molar-refractivity contribution in [2.45, 2.75) is 20.3 Å². The van der Waals surface area contributed by atoms with Gasteiger partial charge >= 0.3 is 5.97 Å². The minimum absolute atomic E-state index is 0.0478. The van der Waals surface area contributed by atoms with Gasteiger partial charge in [0, 0.05) is 11.1 Å². The summed E-state index contributed by atoms with van der Waals surface area (Å²) in [6.07, 6.45) is 0.389. The molecule has 0 bridgehead atoms. The molecule has 0 aliphatic rings. The quantitative estimate of drug-likeness (QED) is 0.928. The van der Waals surface area contributed by atoms with Gasteiger partial charge in [-0.25, -0.2) is 9.18 Å². The summed E-state index contributed by atoms with van der Waals surface area (Å²) in [5.41, 5.74) is 1.32. The third-order valence-corrected chi connectivity index (χ3v) is 3.63. The van der Waals surface area contributed by atoms with Crippen LogP contribution in [0.25, 0.3) is 11.1 Å². The largest absolute Gasteiger partial charge is 0.478 e. The lowest BCUT2D eigenvalue weighted by atomic mass is 9.92. The SMILES string of the molecule is CCc1nc(C)c(C#N)c(-c2ccc(F)cc2Cl)c1C(=O)O. The molecule has 0 atom stereocenters. The van der Waals surface area contributed by atoms with Crippen molar-refractivity contribution >= 4 is 17.6 Å². The van der Waals surface area contributed by atoms with Crippen LogP contribution in [0.15, 0.2) is 18.2 Å². The molecule has 112 valence electrons. The molecule has 1 aromatic carbocycles. The number of nitrogens with zero attached hydrogens (tertiary/aromatic N) is 2. The van der Waals surface area contributed by atoms with Crippen molar-refractivity contribution in [1.82, 2.24) is 4.98 Å². The van der Waals surface area contributed by atoms with E-state index in [0.717, 1.165) is 6.07 Å². The van der Waals surface area contributed by atoms with E-state index in [4.69, 9.17) is 11.6 Å². The molecule has 0 radical (unpaired) electrons. The molecule has 0 unspecified atom stereocenters. The highest BCUT2D eigenvalue weighted by Gasteiger charge is 2.24. The van der Waals surface area contributed by atoms with Crippen LogP contribution in [-0.2, 0) is 6.42 Å². The monoisotopic (exact) mass is 318 g/mol. The lowest BCUT2D eigenvalue weighted by Crippen LogP contribution is -2.11. The van der Waals surface area contributed by atoms with Gasteiger partial charge in [0.2, 0.25) is 0 Å². The zero-order valence-electron chi connectivity index (χ0n) is 11.9. The third-order valence-electron chi connectivity index (χ3n) is 3.31. The second kappa shape index (κ2) is 6.12. The Kier molecular flexibility index (Phi) is 4.43. The van der Waals surface area contributed by atoms with E-state index < -0.39 is 11.8 Å². The van der Waals surface area contributed by atoms with Gasteiger partial charge in [0.15, 0.2) is 0 Å². The van der Waals surface area contributed by atoms with Crippen LogP contribution in [0.3, 0.4) is 0 Å². The van der Waals surface area contributed by atoms with E-state index >= 15 is 0 Å². The highest BCUT2D eigenvalue weighted by atomic mass is 35.5. The van der Waals surface area contributed by atoms with Gasteiger partial charge < -0.3 is 5.11 Å². The number of rotatable bonds is 3. The number of aryl methyl sites for hydroxylation is 2. The molecule has 0 aliphatic heterocycles. The van der Waals surface area contributed by atoms with Crippen LogP contribution in [0, 0.1) is 24.1 Å². The Morgan fingerprint density at radius 2 is 2.18 bits per heavy atom. The number of halogens is 2. The maximum absolute atomic E-state index is 13.3. The van der Waals surface area contributed by atoms with Crippen molar-refractivity contribution in [2.24, 2.45) is 0 Å². The summed E-state index contributed by atoms with van der Waals surface area (Å²) in [4.78, 5) is 15.9. The molecule has 2 rings (SSSR count). The minimum atomic E-state index is -1.20. The Labute approximate surface area is 131 Å². The van der Waals surface area contributed by atoms with E-state index in [1.807, 2.05) is 6.07 Å². The molecule has 0 saturated carbocycles. The minimum Gasteiger partial charge on any atom is -0.478 e. The van der Waals surface area contributed by atoms with Gasteiger partial charge in [-0.15, -0.1) is 0 Å². The summed E-state index contributed by atoms with van der Waals surface area (Å²) in [7, 11) is 0. The number of benzene rings is 1. The number of carboxylic acid groups (broad SMARTS) is 1. The number of aromatic nitrogens is 1. The molecular formula is C16H12ClFN2O2. The molecule has 2 aromatic rings. The van der Waals surface area contributed by atoms with E-state index in [0.29, 0.717) is 23.4 Å². The summed E-state index contributed by atoms with van der Waals surface area (Å²) < 4.78 is 13.3. The molecule has 22 heavy (non-hydrogen) atoms. The maximum Gasteiger partial charge on any atom is 0.338 e. The maximum atomic E-state index is 13.3. The van der Waals surface area contributed by atoms with Crippen molar-refractivity contribution in [1.29, 1.82) is 5.26 Å². The molecule has 1 heterocycles. The van der Waals surface area contributed by atoms with Gasteiger partial charge in [0.25, 0.3) is 0 Å². The smallest absolute Gasteiger partial charge is 0.338 e. The van der Waals surface area contributed by atoms with E-state index in [1.54, 1.807) is 13.8 Å². The fraction of sp³-hybridized carbons (Fsp3) is 0.188. The lowest BCUT2D eigenvalue weighted by Gasteiger charge is -2.15. The normalized spacial score (nSPS) is 10.3. The highest BCUT2D eigenvalue weighted by Crippen LogP contribution is 2.36. The van der Waals surface area contributed by atoms with Crippen LogP contribution in [0.4, 0.5) is 4.39 Å². The Balaban J connectivity index is 2.97. The number of pyridine rings is 1. The fourth-order valence-electron chi connectivity index (χ4n) is 2.35. The first-order valence-corrected chi connectivity index (χ1v) is 6.90. The first-order chi connectivity index (χ1) is 10.4. The molecule has 0 saturated heterocycles. The second-order valence-electron chi connectivity index (χ2n) is 4.66. The summed E-state index contributed by atoms with van der Waals surface area (Å²) in [5, 5.41) is 19.0. The van der Waals surface area contributed by atoms with Crippen molar-refractivity contribution in [3.8, 4) is 17.2 Å². The number of carboxylic acids is 1. The van der Waals surface area contributed by atoms with Gasteiger partial charge in [-0.05, 0) is 31.5 Å². The standard InChI is InChI=1S/C16H12ClFN2O2/c1-3-13-15(16(21)22)14(11(7-19)8(2)20-13)10-5-4-9(18)6-12(10)17/h4-6H,3H2,1-2H3,(H,21,22). The average molecular weight is 319 g/mol. The second-order valence-corrected chi connectivity index (χ2v) is 5.07. The van der Waals surface area contributed by atoms with Crippen LogP contribution in [-0.4, -0.2) is 16.1 Å². The van der Waals surface area contributed by atoms with Crippen LogP contribution in [0.1, 0.15) is 34.2 Å². The van der Waals surface area contributed by atoms with Crippen molar-refractivity contribution in [3.05, 3.63) is 51.6 Å². The Morgan fingerprint density at radius 1 is 1.50 bits per heavy atom. The number of hydrogen-bond acceptors (Lipinski definition) is 3. The lowest BCUT2D eigenvalue weighted by molar-refractivity contribution is 0.0696. The number of nitriles is 1. The number of carbonyl (C=O) groups is 1. The molecule has 1 aromatic heterocycles. The summed E-state index contributed by atoms with van der Waals surface area (Å²) >= 11 is 6.05. The Hall–Kier alpha value is -2.45. The van der Waals surface area contributed by atoms with Crippen LogP contribution < -0.4 is 0 Å². The Morgan fingerprint density at radius 3 is 2.68 bits per heavy atom. The number of aromatic carboxylic acids is 1. The molecule has 1 N–H and O–H groups in total. The van der Waals surface area contributed by atoms with Gasteiger partial charge in [-0.2, -0.15) is 5.26 Å². The average Bonchev–Trinajstić information content (AvgIpc) is 2.45. The van der Waals surface area contributed by atoms with Crippen LogP contribution >= 0.6 is 11.6 Å². The molecule has 0 fully saturated rings. The van der Waals surface area contributed by atoms with E-state index in [9.17, 15) is 19.6 Å². The van der Waals surface area contributed by atoms with E-state index in [1.165, 1.54) is 12.1 Å². The molecular weight excluding hydrogens is 307 g/mol. The van der Waals surface area contributed by atoms with Crippen molar-refractivity contribution < 1.29 is 14.3 Å². The van der Waals surface area contributed by atoms with Gasteiger partial charge in [-0.1, -0.05) is 18.5 Å². The molecule has 6 heteroatoms. The highest BCUT2D eigenvalue weighted by molar-refractivity contribution is 6.33. The number of hydrogen-bond donors (Lipinski definition) is 1. The fourth-order valence-corrected chi connectivity index (χ4v) is 2.61. The van der Waals surface area contributed by atoms with Crippen molar-refractivity contribution in [3.63, 3.8) is 0 Å². The Bertz CT molecular complexity index is 813. The van der Waals surface area contributed by atoms with Crippen LogP contribution in [0.2, 0.25) is 5.02 Å². The van der Waals surface area contributed by atoms with E-state index in [-0.39, 0.29) is 21.7 Å². The molecule has 0 aliphatic carbocycles. The van der Waals surface area contributed by atoms with Gasteiger partial charge in [0.05, 0.1) is 27.5 Å². The molecule has 4 nitrogen and oxygen atoms in total. The summed E-state index contributed by atoms with van der Waals surface area (Å²) in [5.74, 6) is -1.73. The summed E-state index contributed by atoms with van der Waals surface area (Å²) in [6, 6.07) is 5.61. The van der Waals surface area contributed by atoms with Crippen molar-refractivity contribution in [2.75, 3.05) is 0 Å². The summed E-state index contributed by atoms with van der Waals surface area (Å²) in [6.45, 7) is 3.40. The molecule has 0 spiro atoms. The zero-order valence-corrected chi connectivity index (χ0v) is 12.7. The third kappa shape index (κ3) is 2.66. The first kappa shape index (κ1) is 15.9. The molecule has 0 amide bonds.